The predicted molar refractivity (Wildman–Crippen MR) is 127 cm³/mol. The molecule has 32 heavy (non-hydrogen) atoms. The number of rotatable bonds is 6. The van der Waals surface area contributed by atoms with Gasteiger partial charge in [-0.05, 0) is 50.8 Å². The Balaban J connectivity index is 2.01. The highest BCUT2D eigenvalue weighted by atomic mass is 35.5. The SMILES string of the molecule is CCCS(=O)(=O)N1CC(=O)N(c2cc(Cl)ccc2C)C(C)(C(=O)NC2CCCCCC2)C1. The highest BCUT2D eigenvalue weighted by Gasteiger charge is 2.51. The molecule has 2 amide bonds. The molecule has 0 aromatic heterocycles. The van der Waals surface area contributed by atoms with Crippen LogP contribution in [0.5, 0.6) is 0 Å². The second kappa shape index (κ2) is 10.1. The molecule has 1 atom stereocenters. The van der Waals surface area contributed by atoms with Gasteiger partial charge in [-0.15, -0.1) is 0 Å². The lowest BCUT2D eigenvalue weighted by molar-refractivity contribution is -0.133. The van der Waals surface area contributed by atoms with E-state index in [0.29, 0.717) is 17.1 Å². The van der Waals surface area contributed by atoms with Crippen molar-refractivity contribution in [1.29, 1.82) is 0 Å². The lowest BCUT2D eigenvalue weighted by atomic mass is 9.92. The average Bonchev–Trinajstić information content (AvgIpc) is 2.98. The number of carbonyl (C=O) groups is 2. The number of piperazine rings is 1. The summed E-state index contributed by atoms with van der Waals surface area (Å²) in [4.78, 5) is 28.5. The number of benzene rings is 1. The third-order valence-corrected chi connectivity index (χ3v) is 8.69. The molecule has 0 spiro atoms. The minimum Gasteiger partial charge on any atom is -0.351 e. The maximum absolute atomic E-state index is 13.7. The Bertz CT molecular complexity index is 960. The molecule has 0 bridgehead atoms. The molecule has 2 fully saturated rings. The number of carbonyl (C=O) groups excluding carboxylic acids is 2. The Hall–Kier alpha value is -1.64. The predicted octanol–water partition coefficient (Wildman–Crippen LogP) is 3.63. The summed E-state index contributed by atoms with van der Waals surface area (Å²) < 4.78 is 26.9. The van der Waals surface area contributed by atoms with Crippen LogP contribution in [-0.2, 0) is 19.6 Å². The molecule has 178 valence electrons. The summed E-state index contributed by atoms with van der Waals surface area (Å²) in [6.45, 7) is 4.91. The first-order valence-corrected chi connectivity index (χ1v) is 13.4. The fraction of sp³-hybridized carbons (Fsp3) is 0.652. The zero-order chi connectivity index (χ0) is 23.5. The molecular weight excluding hydrogens is 450 g/mol. The number of halogens is 1. The van der Waals surface area contributed by atoms with Crippen molar-refractivity contribution in [1.82, 2.24) is 9.62 Å². The number of sulfonamides is 1. The molecule has 1 aliphatic heterocycles. The molecule has 9 heteroatoms. The van der Waals surface area contributed by atoms with Crippen LogP contribution in [0, 0.1) is 6.92 Å². The van der Waals surface area contributed by atoms with E-state index in [9.17, 15) is 18.0 Å². The lowest BCUT2D eigenvalue weighted by Crippen LogP contribution is -2.71. The number of aryl methyl sites for hydroxylation is 1. The van der Waals surface area contributed by atoms with Gasteiger partial charge in [-0.1, -0.05) is 50.3 Å². The number of nitrogens with one attached hydrogen (secondary N) is 1. The van der Waals surface area contributed by atoms with Gasteiger partial charge in [0, 0.05) is 23.3 Å². The van der Waals surface area contributed by atoms with Gasteiger partial charge in [0.25, 0.3) is 0 Å². The topological polar surface area (TPSA) is 86.8 Å². The Morgan fingerprint density at radius 2 is 1.88 bits per heavy atom. The summed E-state index contributed by atoms with van der Waals surface area (Å²) in [6.07, 6.45) is 6.63. The normalized spacial score (nSPS) is 23.8. The lowest BCUT2D eigenvalue weighted by Gasteiger charge is -2.47. The zero-order valence-corrected chi connectivity index (χ0v) is 20.8. The van der Waals surface area contributed by atoms with Crippen molar-refractivity contribution in [2.45, 2.75) is 77.3 Å². The van der Waals surface area contributed by atoms with E-state index >= 15 is 0 Å². The van der Waals surface area contributed by atoms with Gasteiger partial charge in [0.15, 0.2) is 0 Å². The molecule has 1 aromatic rings. The van der Waals surface area contributed by atoms with Gasteiger partial charge in [0.05, 0.1) is 12.3 Å². The summed E-state index contributed by atoms with van der Waals surface area (Å²) in [7, 11) is -3.65. The Kier molecular flexibility index (Phi) is 7.89. The maximum atomic E-state index is 13.7. The van der Waals surface area contributed by atoms with Crippen LogP contribution in [0.3, 0.4) is 0 Å². The smallest absolute Gasteiger partial charge is 0.247 e. The van der Waals surface area contributed by atoms with Crippen LogP contribution in [0.25, 0.3) is 0 Å². The van der Waals surface area contributed by atoms with Crippen LogP contribution in [0.4, 0.5) is 5.69 Å². The van der Waals surface area contributed by atoms with Gasteiger partial charge in [0.1, 0.15) is 5.54 Å². The van der Waals surface area contributed by atoms with Crippen LogP contribution in [0.1, 0.15) is 64.4 Å². The zero-order valence-electron chi connectivity index (χ0n) is 19.2. The molecule has 1 aromatic carbocycles. The van der Waals surface area contributed by atoms with Crippen molar-refractivity contribution >= 4 is 39.1 Å². The molecule has 1 saturated heterocycles. The van der Waals surface area contributed by atoms with E-state index in [1.165, 1.54) is 9.21 Å². The summed E-state index contributed by atoms with van der Waals surface area (Å²) >= 11 is 6.23. The molecule has 7 nitrogen and oxygen atoms in total. The number of anilines is 1. The van der Waals surface area contributed by atoms with Gasteiger partial charge < -0.3 is 5.32 Å². The van der Waals surface area contributed by atoms with Gasteiger partial charge in [0.2, 0.25) is 21.8 Å². The highest BCUT2D eigenvalue weighted by molar-refractivity contribution is 7.89. The molecular formula is C23H34ClN3O4S. The molecule has 1 saturated carbocycles. The first kappa shape index (κ1) is 25.0. The molecule has 3 rings (SSSR count). The second-order valence-electron chi connectivity index (χ2n) is 9.18. The monoisotopic (exact) mass is 483 g/mol. The molecule has 0 radical (unpaired) electrons. The van der Waals surface area contributed by atoms with E-state index in [1.807, 2.05) is 6.92 Å². The average molecular weight is 484 g/mol. The van der Waals surface area contributed by atoms with Gasteiger partial charge >= 0.3 is 0 Å². The van der Waals surface area contributed by atoms with E-state index in [4.69, 9.17) is 11.6 Å². The summed E-state index contributed by atoms with van der Waals surface area (Å²) in [5.41, 5.74) is -0.0626. The number of hydrogen-bond donors (Lipinski definition) is 1. The van der Waals surface area contributed by atoms with E-state index in [2.05, 4.69) is 5.32 Å². The highest BCUT2D eigenvalue weighted by Crippen LogP contribution is 2.35. The first-order valence-electron chi connectivity index (χ1n) is 11.5. The Morgan fingerprint density at radius 3 is 2.50 bits per heavy atom. The van der Waals surface area contributed by atoms with Gasteiger partial charge in [-0.25, -0.2) is 8.42 Å². The van der Waals surface area contributed by atoms with Crippen LogP contribution < -0.4 is 10.2 Å². The maximum Gasteiger partial charge on any atom is 0.247 e. The van der Waals surface area contributed by atoms with E-state index < -0.39 is 21.5 Å². The van der Waals surface area contributed by atoms with Gasteiger partial charge in [-0.3, -0.25) is 14.5 Å². The number of nitrogens with zero attached hydrogens (tertiary/aromatic N) is 2. The van der Waals surface area contributed by atoms with E-state index in [-0.39, 0.29) is 30.8 Å². The molecule has 2 aliphatic rings. The standard InChI is InChI=1S/C23H34ClN3O4S/c1-4-13-32(30,31)26-15-21(28)27(20-14-18(24)12-11-17(20)2)23(3,16-26)22(29)25-19-9-7-5-6-8-10-19/h11-12,14,19H,4-10,13,15-16H2,1-3H3,(H,25,29). The quantitative estimate of drug-likeness (QED) is 0.626. The fourth-order valence-corrected chi connectivity index (χ4v) is 6.41. The van der Waals surface area contributed by atoms with Crippen LogP contribution in [-0.4, -0.2) is 55.0 Å². The van der Waals surface area contributed by atoms with Crippen molar-refractivity contribution in [2.75, 3.05) is 23.7 Å². The number of hydrogen-bond acceptors (Lipinski definition) is 4. The summed E-state index contributed by atoms with van der Waals surface area (Å²) in [5.74, 6) is -0.815. The Labute approximate surface area is 196 Å². The minimum absolute atomic E-state index is 0.0295. The van der Waals surface area contributed by atoms with Crippen molar-refractivity contribution < 1.29 is 18.0 Å². The molecule has 1 N–H and O–H groups in total. The van der Waals surface area contributed by atoms with Crippen LogP contribution in [0.2, 0.25) is 5.02 Å². The second-order valence-corrected chi connectivity index (χ2v) is 11.7. The van der Waals surface area contributed by atoms with Crippen molar-refractivity contribution in [3.63, 3.8) is 0 Å². The largest absolute Gasteiger partial charge is 0.351 e. The molecule has 1 aliphatic carbocycles. The van der Waals surface area contributed by atoms with E-state index in [1.54, 1.807) is 32.0 Å². The van der Waals surface area contributed by atoms with Crippen molar-refractivity contribution in [2.24, 2.45) is 0 Å². The van der Waals surface area contributed by atoms with Gasteiger partial charge in [-0.2, -0.15) is 4.31 Å². The summed E-state index contributed by atoms with van der Waals surface area (Å²) in [6, 6.07) is 5.23. The first-order chi connectivity index (χ1) is 15.1. The minimum atomic E-state index is -3.65. The van der Waals surface area contributed by atoms with Crippen molar-refractivity contribution in [3.8, 4) is 0 Å². The van der Waals surface area contributed by atoms with Crippen LogP contribution >= 0.6 is 11.6 Å². The van der Waals surface area contributed by atoms with Crippen LogP contribution in [0.15, 0.2) is 18.2 Å². The number of amides is 2. The van der Waals surface area contributed by atoms with E-state index in [0.717, 1.165) is 44.1 Å². The third-order valence-electron chi connectivity index (χ3n) is 6.49. The Morgan fingerprint density at radius 1 is 1.22 bits per heavy atom. The molecule has 1 heterocycles. The summed E-state index contributed by atoms with van der Waals surface area (Å²) in [5, 5.41) is 3.59. The fourth-order valence-electron chi connectivity index (χ4n) is 4.71. The molecule has 1 unspecified atom stereocenters. The van der Waals surface area contributed by atoms with Crippen molar-refractivity contribution in [3.05, 3.63) is 28.8 Å². The third kappa shape index (κ3) is 5.29.